The molecule has 0 unspecified atom stereocenters. The number of fused-ring (bicyclic) bond motifs is 1. The van der Waals surface area contributed by atoms with Gasteiger partial charge in [0.2, 0.25) is 15.7 Å². The van der Waals surface area contributed by atoms with E-state index < -0.39 is 9.84 Å². The topological polar surface area (TPSA) is 63.2 Å². The van der Waals surface area contributed by atoms with Gasteiger partial charge < -0.3 is 5.32 Å². The third kappa shape index (κ3) is 3.18. The second-order valence-electron chi connectivity index (χ2n) is 6.49. The Bertz CT molecular complexity index is 1150. The summed E-state index contributed by atoms with van der Waals surface area (Å²) in [7, 11) is -3.74. The molecule has 138 valence electrons. The molecule has 0 spiro atoms. The van der Waals surface area contributed by atoms with Crippen molar-refractivity contribution in [3.05, 3.63) is 74.9 Å². The van der Waals surface area contributed by atoms with Gasteiger partial charge in [-0.25, -0.2) is 8.42 Å². The highest BCUT2D eigenvalue weighted by atomic mass is 35.5. The number of anilines is 1. The smallest absolute Gasteiger partial charge is 0.225 e. The van der Waals surface area contributed by atoms with E-state index >= 15 is 0 Å². The Hall–Kier alpha value is -2.15. The second-order valence-corrected chi connectivity index (χ2v) is 9.72. The summed E-state index contributed by atoms with van der Waals surface area (Å²) in [5, 5.41) is 4.95. The van der Waals surface area contributed by atoms with Crippen LogP contribution in [0.5, 0.6) is 0 Å². The van der Waals surface area contributed by atoms with E-state index in [2.05, 4.69) is 5.32 Å². The van der Waals surface area contributed by atoms with Crippen molar-refractivity contribution in [1.82, 2.24) is 0 Å². The van der Waals surface area contributed by atoms with Gasteiger partial charge in [0, 0.05) is 27.6 Å². The molecule has 0 saturated heterocycles. The monoisotopic (exact) mass is 417 g/mol. The van der Waals surface area contributed by atoms with Crippen molar-refractivity contribution >= 4 is 44.4 Å². The molecule has 0 bridgehead atoms. The Labute approximate surface area is 166 Å². The molecular weight excluding hydrogens is 402 g/mol. The van der Waals surface area contributed by atoms with Crippen molar-refractivity contribution in [2.75, 3.05) is 5.32 Å². The number of carbonyl (C=O) groups is 1. The van der Waals surface area contributed by atoms with E-state index in [1.807, 2.05) is 31.2 Å². The predicted molar refractivity (Wildman–Crippen MR) is 107 cm³/mol. The first-order valence-electron chi connectivity index (χ1n) is 8.35. The first kappa shape index (κ1) is 18.2. The summed E-state index contributed by atoms with van der Waals surface area (Å²) in [6.07, 6.45) is 0.237. The molecule has 3 aromatic rings. The summed E-state index contributed by atoms with van der Waals surface area (Å²) in [6, 6.07) is 14.1. The average Bonchev–Trinajstić information content (AvgIpc) is 3.06. The molecule has 0 saturated carbocycles. The lowest BCUT2D eigenvalue weighted by Gasteiger charge is -2.24. The Morgan fingerprint density at radius 3 is 2.67 bits per heavy atom. The highest BCUT2D eigenvalue weighted by Crippen LogP contribution is 2.47. The molecule has 2 aromatic carbocycles. The summed E-state index contributed by atoms with van der Waals surface area (Å²) >= 11 is 7.68. The van der Waals surface area contributed by atoms with Gasteiger partial charge >= 0.3 is 0 Å². The zero-order valence-corrected chi connectivity index (χ0v) is 16.8. The van der Waals surface area contributed by atoms with Crippen LogP contribution in [0.1, 0.15) is 28.3 Å². The number of nitrogens with one attached hydrogen (secondary N) is 1. The van der Waals surface area contributed by atoms with Crippen LogP contribution in [0.3, 0.4) is 0 Å². The molecule has 7 heteroatoms. The lowest BCUT2D eigenvalue weighted by molar-refractivity contribution is -0.116. The average molecular weight is 418 g/mol. The number of sulfone groups is 1. The molecule has 4 rings (SSSR count). The van der Waals surface area contributed by atoms with Gasteiger partial charge in [-0.05, 0) is 36.2 Å². The number of benzene rings is 2. The molecule has 0 radical (unpaired) electrons. The van der Waals surface area contributed by atoms with Gasteiger partial charge in [-0.3, -0.25) is 4.79 Å². The van der Waals surface area contributed by atoms with E-state index in [1.54, 1.807) is 29.6 Å². The lowest BCUT2D eigenvalue weighted by Crippen LogP contribution is -2.23. The first-order valence-corrected chi connectivity index (χ1v) is 11.1. The Balaban J connectivity index is 1.86. The van der Waals surface area contributed by atoms with Crippen molar-refractivity contribution in [3.8, 4) is 0 Å². The van der Waals surface area contributed by atoms with Crippen LogP contribution >= 0.6 is 22.9 Å². The highest BCUT2D eigenvalue weighted by molar-refractivity contribution is 7.91. The standard InChI is InChI=1S/C20H16ClNO3S2/c1-12-5-4-6-13(9-12)27(24,25)17-11-26-20-15(10-18(23)22-19(17)20)14-7-2-3-8-16(14)21/h2-9,11,15H,10H2,1H3,(H,22,23)/t15-/m0/s1. The number of rotatable bonds is 3. The van der Waals surface area contributed by atoms with Crippen LogP contribution in [-0.4, -0.2) is 14.3 Å². The van der Waals surface area contributed by atoms with Crippen LogP contribution in [0.2, 0.25) is 5.02 Å². The summed E-state index contributed by atoms with van der Waals surface area (Å²) in [5.74, 6) is -0.472. The molecule has 1 atom stereocenters. The molecule has 1 aromatic heterocycles. The van der Waals surface area contributed by atoms with Gasteiger partial charge in [-0.1, -0.05) is 41.9 Å². The van der Waals surface area contributed by atoms with E-state index in [4.69, 9.17) is 11.6 Å². The van der Waals surface area contributed by atoms with Gasteiger partial charge in [0.25, 0.3) is 0 Å². The molecule has 4 nitrogen and oxygen atoms in total. The zero-order valence-electron chi connectivity index (χ0n) is 14.4. The molecule has 27 heavy (non-hydrogen) atoms. The fourth-order valence-corrected chi connectivity index (χ4v) is 6.59. The first-order chi connectivity index (χ1) is 12.9. The molecule has 1 aliphatic rings. The van der Waals surface area contributed by atoms with Crippen LogP contribution < -0.4 is 5.32 Å². The third-order valence-electron chi connectivity index (χ3n) is 4.63. The number of hydrogen-bond acceptors (Lipinski definition) is 4. The number of amides is 1. The number of carbonyl (C=O) groups excluding carboxylic acids is 1. The van der Waals surface area contributed by atoms with Crippen molar-refractivity contribution in [1.29, 1.82) is 0 Å². The van der Waals surface area contributed by atoms with Crippen molar-refractivity contribution in [2.45, 2.75) is 29.1 Å². The second kappa shape index (κ2) is 6.78. The summed E-state index contributed by atoms with van der Waals surface area (Å²) in [4.78, 5) is 13.5. The molecular formula is C20H16ClNO3S2. The number of hydrogen-bond donors (Lipinski definition) is 1. The minimum atomic E-state index is -3.74. The van der Waals surface area contributed by atoms with Crippen LogP contribution in [0.4, 0.5) is 5.69 Å². The number of halogens is 1. The SMILES string of the molecule is Cc1cccc(S(=O)(=O)c2csc3c2NC(=O)C[C@H]3c2ccccc2Cl)c1. The van der Waals surface area contributed by atoms with Gasteiger partial charge in [0.15, 0.2) is 0 Å². The van der Waals surface area contributed by atoms with Crippen LogP contribution in [-0.2, 0) is 14.6 Å². The number of aryl methyl sites for hydroxylation is 1. The van der Waals surface area contributed by atoms with E-state index in [1.165, 1.54) is 11.3 Å². The third-order valence-corrected chi connectivity index (χ3v) is 7.99. The fourth-order valence-electron chi connectivity index (χ4n) is 3.32. The zero-order chi connectivity index (χ0) is 19.2. The lowest BCUT2D eigenvalue weighted by atomic mass is 9.90. The fraction of sp³-hybridized carbons (Fsp3) is 0.150. The molecule has 0 fully saturated rings. The van der Waals surface area contributed by atoms with E-state index in [0.717, 1.165) is 16.0 Å². The minimum Gasteiger partial charge on any atom is -0.324 e. The highest BCUT2D eigenvalue weighted by Gasteiger charge is 2.35. The van der Waals surface area contributed by atoms with Gasteiger partial charge in [-0.15, -0.1) is 11.3 Å². The predicted octanol–water partition coefficient (Wildman–Crippen LogP) is 5.02. The molecule has 2 heterocycles. The summed E-state index contributed by atoms with van der Waals surface area (Å²) < 4.78 is 26.3. The minimum absolute atomic E-state index is 0.137. The maximum atomic E-state index is 13.2. The normalized spacial score (nSPS) is 16.7. The van der Waals surface area contributed by atoms with Crippen LogP contribution in [0, 0.1) is 6.92 Å². The van der Waals surface area contributed by atoms with Gasteiger partial charge in [0.05, 0.1) is 10.6 Å². The van der Waals surface area contributed by atoms with Crippen molar-refractivity contribution in [2.24, 2.45) is 0 Å². The molecule has 1 amide bonds. The van der Waals surface area contributed by atoms with E-state index in [-0.39, 0.29) is 28.0 Å². The summed E-state index contributed by atoms with van der Waals surface area (Å²) in [5.41, 5.74) is 2.07. The molecule has 1 aliphatic heterocycles. The maximum Gasteiger partial charge on any atom is 0.225 e. The van der Waals surface area contributed by atoms with E-state index in [9.17, 15) is 13.2 Å². The van der Waals surface area contributed by atoms with Crippen LogP contribution in [0.25, 0.3) is 0 Å². The number of thiophene rings is 1. The Kier molecular flexibility index (Phi) is 4.58. The quantitative estimate of drug-likeness (QED) is 0.651. The van der Waals surface area contributed by atoms with E-state index in [0.29, 0.717) is 10.7 Å². The van der Waals surface area contributed by atoms with Crippen molar-refractivity contribution < 1.29 is 13.2 Å². The summed E-state index contributed by atoms with van der Waals surface area (Å²) in [6.45, 7) is 1.84. The van der Waals surface area contributed by atoms with Gasteiger partial charge in [-0.2, -0.15) is 0 Å². The maximum absolute atomic E-state index is 13.2. The molecule has 0 aliphatic carbocycles. The van der Waals surface area contributed by atoms with Crippen LogP contribution in [0.15, 0.2) is 63.7 Å². The Morgan fingerprint density at radius 1 is 1.15 bits per heavy atom. The van der Waals surface area contributed by atoms with Gasteiger partial charge in [0.1, 0.15) is 4.90 Å². The molecule has 1 N–H and O–H groups in total. The van der Waals surface area contributed by atoms with Crippen molar-refractivity contribution in [3.63, 3.8) is 0 Å². The Morgan fingerprint density at radius 2 is 1.93 bits per heavy atom. The largest absolute Gasteiger partial charge is 0.324 e.